The average Bonchev–Trinajstić information content (AvgIpc) is 2.68. The molecule has 3 rings (SSSR count). The van der Waals surface area contributed by atoms with Crippen molar-refractivity contribution in [3.8, 4) is 11.1 Å². The van der Waals surface area contributed by atoms with Crippen molar-refractivity contribution in [3.63, 3.8) is 0 Å². The van der Waals surface area contributed by atoms with E-state index < -0.39 is 27.7 Å². The molecule has 0 radical (unpaired) electrons. The second-order valence-electron chi connectivity index (χ2n) is 6.21. The number of hydrogen-bond acceptors (Lipinski definition) is 4. The lowest BCUT2D eigenvalue weighted by atomic mass is 9.95. The number of anilines is 1. The number of aromatic nitrogens is 2. The van der Waals surface area contributed by atoms with Crippen LogP contribution in [0.5, 0.6) is 0 Å². The summed E-state index contributed by atoms with van der Waals surface area (Å²) in [5.41, 5.74) is 2.39. The minimum atomic E-state index is -3.91. The molecule has 0 aliphatic carbocycles. The fourth-order valence-electron chi connectivity index (χ4n) is 2.80. The summed E-state index contributed by atoms with van der Waals surface area (Å²) in [4.78, 5) is 7.88. The molecule has 152 valence electrons. The summed E-state index contributed by atoms with van der Waals surface area (Å²) < 4.78 is 56.4. The first-order valence-electron chi connectivity index (χ1n) is 8.45. The van der Waals surface area contributed by atoms with E-state index in [9.17, 15) is 17.2 Å². The maximum atomic E-state index is 14.8. The van der Waals surface area contributed by atoms with Crippen molar-refractivity contribution in [2.75, 3.05) is 11.8 Å². The zero-order chi connectivity index (χ0) is 21.2. The number of benzene rings is 1. The van der Waals surface area contributed by atoms with E-state index in [1.807, 2.05) is 9.44 Å². The Kier molecular flexibility index (Phi) is 6.11. The molecule has 0 aliphatic heterocycles. The van der Waals surface area contributed by atoms with E-state index >= 15 is 0 Å². The van der Waals surface area contributed by atoms with Crippen LogP contribution in [0.15, 0.2) is 42.9 Å². The van der Waals surface area contributed by atoms with Gasteiger partial charge < -0.3 is 0 Å². The van der Waals surface area contributed by atoms with E-state index in [1.54, 1.807) is 13.1 Å². The van der Waals surface area contributed by atoms with Crippen LogP contribution in [0.3, 0.4) is 0 Å². The van der Waals surface area contributed by atoms with Crippen LogP contribution in [0, 0.1) is 18.6 Å². The zero-order valence-corrected chi connectivity index (χ0v) is 17.1. The molecule has 0 bridgehead atoms. The number of nitrogens with one attached hydrogen (secondary N) is 2. The summed E-state index contributed by atoms with van der Waals surface area (Å²) in [6.45, 7) is 1.77. The number of halogens is 3. The maximum absolute atomic E-state index is 14.8. The van der Waals surface area contributed by atoms with Gasteiger partial charge in [0.2, 0.25) is 0 Å². The molecule has 0 spiro atoms. The SMILES string of the molecule is CNS(=O)(=O)Nc1nccc(Cc2cncc(-c3cc(Cl)ccc3F)c2C)c1F. The summed E-state index contributed by atoms with van der Waals surface area (Å²) in [6, 6.07) is 5.67. The second kappa shape index (κ2) is 8.40. The van der Waals surface area contributed by atoms with Crippen LogP contribution in [0.4, 0.5) is 14.6 Å². The van der Waals surface area contributed by atoms with Crippen LogP contribution in [0.1, 0.15) is 16.7 Å². The third-order valence-electron chi connectivity index (χ3n) is 4.39. The molecule has 0 fully saturated rings. The van der Waals surface area contributed by atoms with E-state index in [-0.39, 0.29) is 12.0 Å². The van der Waals surface area contributed by atoms with Crippen molar-refractivity contribution in [1.29, 1.82) is 0 Å². The van der Waals surface area contributed by atoms with Gasteiger partial charge in [0.25, 0.3) is 10.2 Å². The summed E-state index contributed by atoms with van der Waals surface area (Å²) >= 11 is 5.99. The molecular formula is C19H17ClF2N4O2S. The van der Waals surface area contributed by atoms with E-state index in [4.69, 9.17) is 11.6 Å². The molecule has 1 aromatic carbocycles. The monoisotopic (exact) mass is 438 g/mol. The van der Waals surface area contributed by atoms with Crippen molar-refractivity contribution in [1.82, 2.24) is 14.7 Å². The first-order chi connectivity index (χ1) is 13.7. The first kappa shape index (κ1) is 21.1. The Labute approximate surface area is 172 Å². The third kappa shape index (κ3) is 4.69. The molecule has 2 heterocycles. The van der Waals surface area contributed by atoms with Gasteiger partial charge in [0.05, 0.1) is 0 Å². The molecule has 2 N–H and O–H groups in total. The molecule has 0 unspecified atom stereocenters. The molecule has 0 saturated heterocycles. The van der Waals surface area contributed by atoms with Crippen LogP contribution in [0.2, 0.25) is 5.02 Å². The zero-order valence-electron chi connectivity index (χ0n) is 15.5. The van der Waals surface area contributed by atoms with Gasteiger partial charge in [-0.3, -0.25) is 9.71 Å². The van der Waals surface area contributed by atoms with Gasteiger partial charge in [-0.15, -0.1) is 0 Å². The van der Waals surface area contributed by atoms with Gasteiger partial charge in [-0.1, -0.05) is 11.6 Å². The highest BCUT2D eigenvalue weighted by molar-refractivity contribution is 7.90. The number of hydrogen-bond donors (Lipinski definition) is 2. The standard InChI is InChI=1S/C19H17ClF2N4O2S/c1-11-13(9-24-10-16(11)15-8-14(20)3-4-17(15)21)7-12-5-6-25-19(18(12)22)26-29(27,28)23-2/h3-6,8-10,23H,7H2,1-2H3,(H,25,26). The Morgan fingerprint density at radius 3 is 2.59 bits per heavy atom. The fraction of sp³-hybridized carbons (Fsp3) is 0.158. The molecule has 6 nitrogen and oxygen atoms in total. The smallest absolute Gasteiger partial charge is 0.264 e. The Hall–Kier alpha value is -2.62. The summed E-state index contributed by atoms with van der Waals surface area (Å²) in [6.07, 6.45) is 4.48. The van der Waals surface area contributed by atoms with Gasteiger partial charge in [-0.25, -0.2) is 18.5 Å². The minimum Gasteiger partial charge on any atom is -0.264 e. The van der Waals surface area contributed by atoms with E-state index in [0.29, 0.717) is 27.3 Å². The molecule has 29 heavy (non-hydrogen) atoms. The molecule has 0 saturated carbocycles. The Morgan fingerprint density at radius 2 is 1.86 bits per heavy atom. The van der Waals surface area contributed by atoms with Gasteiger partial charge in [0.15, 0.2) is 11.6 Å². The fourth-order valence-corrected chi connectivity index (χ4v) is 3.47. The van der Waals surface area contributed by atoms with Crippen LogP contribution in [-0.2, 0) is 16.6 Å². The van der Waals surface area contributed by atoms with Crippen molar-refractivity contribution in [3.05, 3.63) is 76.2 Å². The average molecular weight is 439 g/mol. The lowest BCUT2D eigenvalue weighted by molar-refractivity contribution is 0.589. The van der Waals surface area contributed by atoms with Crippen molar-refractivity contribution >= 4 is 27.6 Å². The Balaban J connectivity index is 1.99. The van der Waals surface area contributed by atoms with Gasteiger partial charge >= 0.3 is 0 Å². The topological polar surface area (TPSA) is 84.0 Å². The number of pyridine rings is 2. The molecule has 0 atom stereocenters. The molecule has 3 aromatic rings. The maximum Gasteiger partial charge on any atom is 0.300 e. The van der Waals surface area contributed by atoms with Crippen molar-refractivity contribution in [2.45, 2.75) is 13.3 Å². The highest BCUT2D eigenvalue weighted by Gasteiger charge is 2.17. The quantitative estimate of drug-likeness (QED) is 0.612. The van der Waals surface area contributed by atoms with Crippen LogP contribution < -0.4 is 9.44 Å². The van der Waals surface area contributed by atoms with Gasteiger partial charge in [0.1, 0.15) is 5.82 Å². The lowest BCUT2D eigenvalue weighted by Crippen LogP contribution is -2.27. The van der Waals surface area contributed by atoms with Gasteiger partial charge in [0, 0.05) is 48.2 Å². The highest BCUT2D eigenvalue weighted by atomic mass is 35.5. The van der Waals surface area contributed by atoms with Crippen LogP contribution in [-0.4, -0.2) is 25.4 Å². The summed E-state index contributed by atoms with van der Waals surface area (Å²) in [7, 11) is -2.72. The summed E-state index contributed by atoms with van der Waals surface area (Å²) in [5, 5.41) is 0.382. The van der Waals surface area contributed by atoms with E-state index in [1.165, 1.54) is 43.7 Å². The van der Waals surface area contributed by atoms with Crippen molar-refractivity contribution in [2.24, 2.45) is 0 Å². The van der Waals surface area contributed by atoms with Crippen molar-refractivity contribution < 1.29 is 17.2 Å². The van der Waals surface area contributed by atoms with Gasteiger partial charge in [-0.05, 0) is 47.9 Å². The van der Waals surface area contributed by atoms with E-state index in [2.05, 4.69) is 9.97 Å². The van der Waals surface area contributed by atoms with E-state index in [0.717, 1.165) is 0 Å². The van der Waals surface area contributed by atoms with Crippen LogP contribution in [0.25, 0.3) is 11.1 Å². The number of nitrogens with zero attached hydrogens (tertiary/aromatic N) is 2. The number of rotatable bonds is 6. The Morgan fingerprint density at radius 1 is 1.10 bits per heavy atom. The molecule has 2 aromatic heterocycles. The second-order valence-corrected chi connectivity index (χ2v) is 8.27. The largest absolute Gasteiger partial charge is 0.300 e. The predicted molar refractivity (Wildman–Crippen MR) is 108 cm³/mol. The van der Waals surface area contributed by atoms with Crippen LogP contribution >= 0.6 is 11.6 Å². The Bertz CT molecular complexity index is 1170. The lowest BCUT2D eigenvalue weighted by Gasteiger charge is -2.13. The van der Waals surface area contributed by atoms with Gasteiger partial charge in [-0.2, -0.15) is 8.42 Å². The molecule has 0 aliphatic rings. The minimum absolute atomic E-state index is 0.109. The molecule has 0 amide bonds. The predicted octanol–water partition coefficient (Wildman–Crippen LogP) is 3.85. The summed E-state index contributed by atoms with van der Waals surface area (Å²) in [5.74, 6) is -1.67. The molecular weight excluding hydrogens is 422 g/mol. The molecule has 10 heteroatoms. The third-order valence-corrected chi connectivity index (χ3v) is 5.62. The highest BCUT2D eigenvalue weighted by Crippen LogP contribution is 2.31. The normalized spacial score (nSPS) is 11.5. The first-order valence-corrected chi connectivity index (χ1v) is 10.3.